The molecule has 2 heterocycles. The number of ether oxygens (including phenoxy) is 1. The fourth-order valence-corrected chi connectivity index (χ4v) is 3.75. The van der Waals surface area contributed by atoms with E-state index in [4.69, 9.17) is 4.74 Å². The summed E-state index contributed by atoms with van der Waals surface area (Å²) < 4.78 is 46.2. The van der Waals surface area contributed by atoms with Crippen molar-refractivity contribution < 1.29 is 17.9 Å². The minimum Gasteiger partial charge on any atom is -0.493 e. The lowest BCUT2D eigenvalue weighted by Gasteiger charge is -2.15. The normalized spacial score (nSPS) is 11.5. The van der Waals surface area contributed by atoms with Gasteiger partial charge in [-0.3, -0.25) is 9.97 Å². The number of alkyl halides is 3. The number of halogens is 3. The van der Waals surface area contributed by atoms with Gasteiger partial charge in [0.15, 0.2) is 5.13 Å². The molecule has 0 unspecified atom stereocenters. The number of hydrogen-bond acceptors (Lipinski definition) is 6. The van der Waals surface area contributed by atoms with Gasteiger partial charge >= 0.3 is 6.18 Å². The standard InChI is InChI=1S/C22H25F3N4OS/c1-2-3-4-5-6-7-12-30-20-9-8-16(13-17(20)22(23,24)25)28-21-29-19(15-31-21)18-14-26-10-11-27-18/h8-11,13-15H,2-7,12H2,1H3,(H,28,29). The van der Waals surface area contributed by atoms with Crippen molar-refractivity contribution in [1.82, 2.24) is 15.0 Å². The number of hydrogen-bond donors (Lipinski definition) is 1. The molecule has 0 atom stereocenters. The van der Waals surface area contributed by atoms with Crippen LogP contribution in [0.25, 0.3) is 11.4 Å². The molecule has 9 heteroatoms. The highest BCUT2D eigenvalue weighted by molar-refractivity contribution is 7.14. The van der Waals surface area contributed by atoms with Gasteiger partial charge in [0.1, 0.15) is 17.1 Å². The van der Waals surface area contributed by atoms with Crippen molar-refractivity contribution in [3.63, 3.8) is 0 Å². The Labute approximate surface area is 183 Å². The van der Waals surface area contributed by atoms with Crippen molar-refractivity contribution in [2.24, 2.45) is 0 Å². The molecule has 166 valence electrons. The van der Waals surface area contributed by atoms with E-state index in [1.165, 1.54) is 23.8 Å². The Morgan fingerprint density at radius 1 is 1.03 bits per heavy atom. The van der Waals surface area contributed by atoms with Crippen LogP contribution >= 0.6 is 11.3 Å². The van der Waals surface area contributed by atoms with E-state index in [1.54, 1.807) is 30.0 Å². The van der Waals surface area contributed by atoms with Gasteiger partial charge in [-0.1, -0.05) is 39.0 Å². The monoisotopic (exact) mass is 450 g/mol. The lowest BCUT2D eigenvalue weighted by Crippen LogP contribution is -2.10. The van der Waals surface area contributed by atoms with Gasteiger partial charge in [-0.05, 0) is 24.6 Å². The van der Waals surface area contributed by atoms with Crippen LogP contribution in [0.15, 0.2) is 42.2 Å². The third kappa shape index (κ3) is 6.92. The highest BCUT2D eigenvalue weighted by Crippen LogP contribution is 2.39. The van der Waals surface area contributed by atoms with Crippen molar-refractivity contribution >= 4 is 22.2 Å². The molecule has 0 fully saturated rings. The van der Waals surface area contributed by atoms with Crippen LogP contribution in [0.1, 0.15) is 51.0 Å². The molecule has 0 aliphatic rings. The smallest absolute Gasteiger partial charge is 0.420 e. The maximum absolute atomic E-state index is 13.6. The van der Waals surface area contributed by atoms with Gasteiger partial charge in [-0.25, -0.2) is 4.98 Å². The molecule has 31 heavy (non-hydrogen) atoms. The molecular weight excluding hydrogens is 425 g/mol. The third-order valence-corrected chi connectivity index (χ3v) is 5.38. The Hall–Kier alpha value is -2.68. The number of nitrogens with one attached hydrogen (secondary N) is 1. The van der Waals surface area contributed by atoms with Crippen LogP contribution < -0.4 is 10.1 Å². The van der Waals surface area contributed by atoms with Gasteiger partial charge in [0, 0.05) is 23.5 Å². The molecule has 0 spiro atoms. The average molecular weight is 451 g/mol. The van der Waals surface area contributed by atoms with E-state index in [2.05, 4.69) is 27.2 Å². The first-order valence-corrected chi connectivity index (χ1v) is 11.2. The van der Waals surface area contributed by atoms with E-state index in [-0.39, 0.29) is 12.4 Å². The van der Waals surface area contributed by atoms with Crippen molar-refractivity contribution in [2.75, 3.05) is 11.9 Å². The van der Waals surface area contributed by atoms with E-state index >= 15 is 0 Å². The summed E-state index contributed by atoms with van der Waals surface area (Å²) in [6, 6.07) is 3.98. The Balaban J connectivity index is 1.64. The number of thiazole rings is 1. The van der Waals surface area contributed by atoms with Crippen LogP contribution in [0.3, 0.4) is 0 Å². The topological polar surface area (TPSA) is 59.9 Å². The largest absolute Gasteiger partial charge is 0.493 e. The maximum atomic E-state index is 13.6. The van der Waals surface area contributed by atoms with Crippen LogP contribution in [0.5, 0.6) is 5.75 Å². The highest BCUT2D eigenvalue weighted by Gasteiger charge is 2.34. The van der Waals surface area contributed by atoms with E-state index < -0.39 is 11.7 Å². The summed E-state index contributed by atoms with van der Waals surface area (Å²) >= 11 is 1.28. The zero-order valence-electron chi connectivity index (χ0n) is 17.3. The number of aromatic nitrogens is 3. The van der Waals surface area contributed by atoms with E-state index in [0.29, 0.717) is 22.2 Å². The summed E-state index contributed by atoms with van der Waals surface area (Å²) in [7, 11) is 0. The lowest BCUT2D eigenvalue weighted by atomic mass is 10.1. The van der Waals surface area contributed by atoms with E-state index in [1.807, 2.05) is 0 Å². The van der Waals surface area contributed by atoms with Gasteiger partial charge in [0.05, 0.1) is 18.4 Å². The van der Waals surface area contributed by atoms with Crippen molar-refractivity contribution in [3.8, 4) is 17.1 Å². The van der Waals surface area contributed by atoms with Crippen LogP contribution in [0, 0.1) is 0 Å². The molecule has 1 aromatic carbocycles. The summed E-state index contributed by atoms with van der Waals surface area (Å²) in [6.45, 7) is 2.42. The first kappa shape index (κ1) is 23.0. The number of unbranched alkanes of at least 4 members (excludes halogenated alkanes) is 5. The molecule has 5 nitrogen and oxygen atoms in total. The Bertz CT molecular complexity index is 947. The second-order valence-electron chi connectivity index (χ2n) is 7.08. The third-order valence-electron chi connectivity index (χ3n) is 4.62. The molecule has 1 N–H and O–H groups in total. The molecule has 0 bridgehead atoms. The Morgan fingerprint density at radius 2 is 1.84 bits per heavy atom. The molecule has 0 saturated carbocycles. The van der Waals surface area contributed by atoms with Crippen molar-refractivity contribution in [1.29, 1.82) is 0 Å². The van der Waals surface area contributed by atoms with E-state index in [9.17, 15) is 13.2 Å². The van der Waals surface area contributed by atoms with Crippen molar-refractivity contribution in [2.45, 2.75) is 51.6 Å². The summed E-state index contributed by atoms with van der Waals surface area (Å²) in [4.78, 5) is 12.5. The Morgan fingerprint density at radius 3 is 2.58 bits per heavy atom. The van der Waals surface area contributed by atoms with Crippen LogP contribution in [-0.2, 0) is 6.18 Å². The zero-order chi connectivity index (χ0) is 22.1. The molecule has 0 amide bonds. The number of nitrogens with zero attached hydrogens (tertiary/aromatic N) is 3. The number of benzene rings is 1. The van der Waals surface area contributed by atoms with E-state index in [0.717, 1.165) is 38.2 Å². The summed E-state index contributed by atoms with van der Waals surface area (Å²) in [5, 5.41) is 5.17. The minimum absolute atomic E-state index is 0.147. The summed E-state index contributed by atoms with van der Waals surface area (Å²) in [6.07, 6.45) is 6.46. The molecule has 0 radical (unpaired) electrons. The van der Waals surface area contributed by atoms with Gasteiger partial charge in [-0.15, -0.1) is 11.3 Å². The molecule has 0 aliphatic heterocycles. The quantitative estimate of drug-likeness (QED) is 0.316. The lowest BCUT2D eigenvalue weighted by molar-refractivity contribution is -0.138. The molecule has 0 aliphatic carbocycles. The van der Waals surface area contributed by atoms with Gasteiger partial charge in [0.2, 0.25) is 0 Å². The fraction of sp³-hybridized carbons (Fsp3) is 0.409. The molecule has 0 saturated heterocycles. The Kier molecular flexibility index (Phi) is 8.22. The maximum Gasteiger partial charge on any atom is 0.420 e. The van der Waals surface area contributed by atoms with Crippen molar-refractivity contribution in [3.05, 3.63) is 47.7 Å². The highest BCUT2D eigenvalue weighted by atomic mass is 32.1. The number of rotatable bonds is 11. The van der Waals surface area contributed by atoms with Crippen LogP contribution in [-0.4, -0.2) is 21.6 Å². The molecule has 3 aromatic rings. The first-order chi connectivity index (χ1) is 15.0. The summed E-state index contributed by atoms with van der Waals surface area (Å²) in [5.41, 5.74) is 0.699. The second-order valence-corrected chi connectivity index (χ2v) is 7.94. The second kappa shape index (κ2) is 11.1. The SMILES string of the molecule is CCCCCCCCOc1ccc(Nc2nc(-c3cnccn3)cs2)cc1C(F)(F)F. The van der Waals surface area contributed by atoms with Crippen LogP contribution in [0.4, 0.5) is 24.0 Å². The first-order valence-electron chi connectivity index (χ1n) is 10.3. The predicted octanol–water partition coefficient (Wildman–Crippen LogP) is 7.10. The molecule has 3 rings (SSSR count). The van der Waals surface area contributed by atoms with Gasteiger partial charge in [-0.2, -0.15) is 13.2 Å². The molecule has 2 aromatic heterocycles. The number of anilines is 2. The minimum atomic E-state index is -4.51. The van der Waals surface area contributed by atoms with Crippen LogP contribution in [0.2, 0.25) is 0 Å². The molecular formula is C22H25F3N4OS. The summed E-state index contributed by atoms with van der Waals surface area (Å²) in [5.74, 6) is -0.147. The average Bonchev–Trinajstić information content (AvgIpc) is 3.22. The zero-order valence-corrected chi connectivity index (χ0v) is 18.1. The van der Waals surface area contributed by atoms with Gasteiger partial charge in [0.25, 0.3) is 0 Å². The van der Waals surface area contributed by atoms with Gasteiger partial charge < -0.3 is 10.1 Å². The predicted molar refractivity (Wildman–Crippen MR) is 117 cm³/mol. The fourth-order valence-electron chi connectivity index (χ4n) is 3.02.